The van der Waals surface area contributed by atoms with Crippen LogP contribution in [0.4, 0.5) is 4.79 Å². The summed E-state index contributed by atoms with van der Waals surface area (Å²) in [6.07, 6.45) is 4.47. The molecule has 1 atom stereocenters. The van der Waals surface area contributed by atoms with Crippen LogP contribution in [0.3, 0.4) is 0 Å². The van der Waals surface area contributed by atoms with E-state index in [-0.39, 0.29) is 30.2 Å². The minimum atomic E-state index is -0.716. The standard InChI is InChI=1S/C29H38N4O6/c1-29(2,3)39-28(37)32-17-15-21(16-18-32)38-19-8-6-5-7-10-20-11-9-12-22-25(20)31(4)27(36)33(22)23-13-14-24(34)30-26(23)35/h9,11-12,21,23H,5-6,8,13-19H2,1-4H3,(H,30,34,35). The molecular weight excluding hydrogens is 500 g/mol. The van der Waals surface area contributed by atoms with Crippen LogP contribution in [0.2, 0.25) is 0 Å². The number of hydrogen-bond donors (Lipinski definition) is 1. The van der Waals surface area contributed by atoms with E-state index in [9.17, 15) is 19.2 Å². The maximum absolute atomic E-state index is 13.0. The molecule has 4 rings (SSSR count). The van der Waals surface area contributed by atoms with Gasteiger partial charge >= 0.3 is 11.8 Å². The van der Waals surface area contributed by atoms with Crippen LogP contribution in [0.1, 0.15) is 77.3 Å². The highest BCUT2D eigenvalue weighted by molar-refractivity contribution is 6.00. The Morgan fingerprint density at radius 2 is 1.85 bits per heavy atom. The molecule has 0 aliphatic carbocycles. The van der Waals surface area contributed by atoms with Gasteiger partial charge in [-0.2, -0.15) is 0 Å². The Hall–Kier alpha value is -3.58. The van der Waals surface area contributed by atoms with Gasteiger partial charge in [-0.15, -0.1) is 0 Å². The average Bonchev–Trinajstić information content (AvgIpc) is 3.13. The van der Waals surface area contributed by atoms with Crippen molar-refractivity contribution in [3.63, 3.8) is 0 Å². The lowest BCUT2D eigenvalue weighted by atomic mass is 10.1. The SMILES string of the molecule is Cn1c(=O)n(C2CCC(=O)NC2=O)c2cccc(C#CCCCCOC3CCN(C(=O)OC(C)(C)C)CC3)c21. The Morgan fingerprint density at radius 3 is 2.54 bits per heavy atom. The van der Waals surface area contributed by atoms with Crippen LogP contribution in [0.5, 0.6) is 0 Å². The molecule has 1 aromatic carbocycles. The first kappa shape index (κ1) is 28.4. The van der Waals surface area contributed by atoms with E-state index < -0.39 is 17.6 Å². The number of rotatable bonds is 6. The molecule has 2 aromatic rings. The van der Waals surface area contributed by atoms with E-state index in [1.807, 2.05) is 32.9 Å². The first-order valence-corrected chi connectivity index (χ1v) is 13.7. The summed E-state index contributed by atoms with van der Waals surface area (Å²) in [6.45, 7) is 7.55. The van der Waals surface area contributed by atoms with Crippen molar-refractivity contribution in [1.82, 2.24) is 19.4 Å². The third kappa shape index (κ3) is 6.90. The van der Waals surface area contributed by atoms with Crippen molar-refractivity contribution in [3.05, 3.63) is 34.2 Å². The van der Waals surface area contributed by atoms with Gasteiger partial charge in [0, 0.05) is 39.6 Å². The molecule has 3 heterocycles. The van der Waals surface area contributed by atoms with Crippen molar-refractivity contribution >= 4 is 28.9 Å². The highest BCUT2D eigenvalue weighted by Gasteiger charge is 2.31. The number of unbranched alkanes of at least 4 members (excludes halogenated alkanes) is 2. The molecule has 1 N–H and O–H groups in total. The van der Waals surface area contributed by atoms with Crippen molar-refractivity contribution in [2.45, 2.75) is 83.5 Å². The number of benzene rings is 1. The molecule has 0 saturated carbocycles. The Morgan fingerprint density at radius 1 is 1.10 bits per heavy atom. The summed E-state index contributed by atoms with van der Waals surface area (Å²) in [5.74, 6) is 5.64. The number of imidazole rings is 1. The molecule has 1 unspecified atom stereocenters. The second-order valence-corrected chi connectivity index (χ2v) is 11.1. The normalized spacial score (nSPS) is 18.6. The van der Waals surface area contributed by atoms with Crippen molar-refractivity contribution < 1.29 is 23.9 Å². The molecule has 0 bridgehead atoms. The molecule has 3 amide bonds. The zero-order chi connectivity index (χ0) is 28.2. The summed E-state index contributed by atoms with van der Waals surface area (Å²) in [6, 6.07) is 4.79. The summed E-state index contributed by atoms with van der Waals surface area (Å²) in [5.41, 5.74) is 1.25. The number of piperidine rings is 2. The van der Waals surface area contributed by atoms with Crippen molar-refractivity contribution in [3.8, 4) is 11.8 Å². The zero-order valence-electron chi connectivity index (χ0n) is 23.2. The summed E-state index contributed by atoms with van der Waals surface area (Å²) < 4.78 is 14.4. The molecule has 2 aliphatic rings. The molecule has 1 aromatic heterocycles. The lowest BCUT2D eigenvalue weighted by Gasteiger charge is -2.33. The predicted molar refractivity (Wildman–Crippen MR) is 146 cm³/mol. The summed E-state index contributed by atoms with van der Waals surface area (Å²) in [7, 11) is 1.67. The van der Waals surface area contributed by atoms with Gasteiger partial charge in [-0.25, -0.2) is 9.59 Å². The van der Waals surface area contributed by atoms with E-state index in [1.54, 1.807) is 18.0 Å². The Bertz CT molecular complexity index is 1350. The van der Waals surface area contributed by atoms with Gasteiger partial charge in [-0.05, 0) is 65.0 Å². The van der Waals surface area contributed by atoms with Crippen LogP contribution in [0.15, 0.2) is 23.0 Å². The minimum absolute atomic E-state index is 0.155. The average molecular weight is 539 g/mol. The second kappa shape index (κ2) is 12.1. The summed E-state index contributed by atoms with van der Waals surface area (Å²) >= 11 is 0. The fraction of sp³-hybridized carbons (Fsp3) is 0.586. The number of fused-ring (bicyclic) bond motifs is 1. The maximum atomic E-state index is 13.0. The third-order valence-corrected chi connectivity index (χ3v) is 6.99. The number of nitrogens with zero attached hydrogens (tertiary/aromatic N) is 3. The molecule has 0 radical (unpaired) electrons. The molecule has 39 heavy (non-hydrogen) atoms. The number of para-hydroxylation sites is 1. The Labute approximate surface area is 228 Å². The minimum Gasteiger partial charge on any atom is -0.444 e. The van der Waals surface area contributed by atoms with Crippen LogP contribution in [-0.2, 0) is 26.1 Å². The molecule has 10 nitrogen and oxygen atoms in total. The van der Waals surface area contributed by atoms with Crippen molar-refractivity contribution in [1.29, 1.82) is 0 Å². The van der Waals surface area contributed by atoms with Gasteiger partial charge in [0.25, 0.3) is 0 Å². The van der Waals surface area contributed by atoms with E-state index in [1.165, 1.54) is 9.13 Å². The summed E-state index contributed by atoms with van der Waals surface area (Å²) in [5, 5.41) is 2.33. The quantitative estimate of drug-likeness (QED) is 0.343. The predicted octanol–water partition coefficient (Wildman–Crippen LogP) is 3.26. The van der Waals surface area contributed by atoms with Gasteiger partial charge in [0.1, 0.15) is 11.6 Å². The van der Waals surface area contributed by atoms with Crippen molar-refractivity contribution in [2.75, 3.05) is 19.7 Å². The van der Waals surface area contributed by atoms with E-state index in [0.29, 0.717) is 43.6 Å². The van der Waals surface area contributed by atoms with Gasteiger partial charge in [-0.3, -0.25) is 24.0 Å². The van der Waals surface area contributed by atoms with E-state index in [2.05, 4.69) is 17.2 Å². The fourth-order valence-corrected chi connectivity index (χ4v) is 5.02. The van der Waals surface area contributed by atoms with Gasteiger partial charge < -0.3 is 14.4 Å². The van der Waals surface area contributed by atoms with Crippen LogP contribution in [-0.4, -0.2) is 63.3 Å². The maximum Gasteiger partial charge on any atom is 0.410 e. The van der Waals surface area contributed by atoms with Gasteiger partial charge in [0.05, 0.1) is 22.7 Å². The number of nitrogens with one attached hydrogen (secondary N) is 1. The number of carbonyl (C=O) groups excluding carboxylic acids is 3. The van der Waals surface area contributed by atoms with E-state index >= 15 is 0 Å². The largest absolute Gasteiger partial charge is 0.444 e. The number of carbonyl (C=O) groups is 3. The van der Waals surface area contributed by atoms with Crippen LogP contribution in [0, 0.1) is 11.8 Å². The molecule has 0 spiro atoms. The van der Waals surface area contributed by atoms with Crippen LogP contribution in [0.25, 0.3) is 11.0 Å². The van der Waals surface area contributed by atoms with Crippen molar-refractivity contribution in [2.24, 2.45) is 7.05 Å². The van der Waals surface area contributed by atoms with Crippen LogP contribution >= 0.6 is 0 Å². The van der Waals surface area contributed by atoms with E-state index in [0.717, 1.165) is 31.2 Å². The molecule has 210 valence electrons. The van der Waals surface area contributed by atoms with Gasteiger partial charge in [-0.1, -0.05) is 17.9 Å². The number of likely N-dealkylation sites (tertiary alicyclic amines) is 1. The smallest absolute Gasteiger partial charge is 0.410 e. The number of amides is 3. The molecule has 2 saturated heterocycles. The van der Waals surface area contributed by atoms with E-state index in [4.69, 9.17) is 9.47 Å². The first-order valence-electron chi connectivity index (χ1n) is 13.7. The number of aromatic nitrogens is 2. The number of ether oxygens (including phenoxy) is 2. The molecular formula is C29H38N4O6. The lowest BCUT2D eigenvalue weighted by Crippen LogP contribution is -2.44. The van der Waals surface area contributed by atoms with Gasteiger partial charge in [0.15, 0.2) is 0 Å². The number of hydrogen-bond acceptors (Lipinski definition) is 6. The highest BCUT2D eigenvalue weighted by Crippen LogP contribution is 2.25. The number of aryl methyl sites for hydroxylation is 1. The topological polar surface area (TPSA) is 112 Å². The second-order valence-electron chi connectivity index (χ2n) is 11.1. The highest BCUT2D eigenvalue weighted by atomic mass is 16.6. The molecule has 2 fully saturated rings. The lowest BCUT2D eigenvalue weighted by molar-refractivity contribution is -0.135. The summed E-state index contributed by atoms with van der Waals surface area (Å²) in [4.78, 5) is 50.9. The Balaban J connectivity index is 1.26. The molecule has 10 heteroatoms. The number of imide groups is 1. The zero-order valence-corrected chi connectivity index (χ0v) is 23.2. The third-order valence-electron chi connectivity index (χ3n) is 6.99. The van der Waals surface area contributed by atoms with Gasteiger partial charge in [0.2, 0.25) is 11.8 Å². The molecule has 2 aliphatic heterocycles. The fourth-order valence-electron chi connectivity index (χ4n) is 5.02. The Kier molecular flexibility index (Phi) is 8.80. The van der Waals surface area contributed by atoms with Crippen LogP contribution < -0.4 is 11.0 Å². The first-order chi connectivity index (χ1) is 18.5. The monoisotopic (exact) mass is 538 g/mol.